The topological polar surface area (TPSA) is 55.1 Å². The Kier molecular flexibility index (Phi) is 4.75. The number of nitrogens with one attached hydrogen (secondary N) is 1. The minimum Gasteiger partial charge on any atom is -0.443 e. The van der Waals surface area contributed by atoms with Crippen LogP contribution in [0.1, 0.15) is 27.2 Å². The standard InChI is InChI=1S/C20H20N2O2/c1-14-6-5-9-17(12-14)19-18(22-13-24-19)20(23)21-11-10-16-8-4-3-7-15(16)2/h3-9,12-13H,10-11H2,1-2H3,(H,21,23). The fraction of sp³-hybridized carbons (Fsp3) is 0.200. The van der Waals surface area contributed by atoms with Crippen molar-refractivity contribution in [3.63, 3.8) is 0 Å². The third kappa shape index (κ3) is 3.54. The van der Waals surface area contributed by atoms with Crippen molar-refractivity contribution in [2.75, 3.05) is 6.54 Å². The number of rotatable bonds is 5. The first kappa shape index (κ1) is 16.0. The van der Waals surface area contributed by atoms with Crippen LogP contribution in [0.25, 0.3) is 11.3 Å². The van der Waals surface area contributed by atoms with Crippen LogP contribution in [0.4, 0.5) is 0 Å². The molecule has 1 N–H and O–H groups in total. The molecule has 0 unspecified atom stereocenters. The summed E-state index contributed by atoms with van der Waals surface area (Å²) in [5.41, 5.74) is 4.75. The van der Waals surface area contributed by atoms with Crippen molar-refractivity contribution in [1.82, 2.24) is 10.3 Å². The molecule has 1 aromatic heterocycles. The summed E-state index contributed by atoms with van der Waals surface area (Å²) in [6, 6.07) is 16.0. The van der Waals surface area contributed by atoms with Gasteiger partial charge in [0.05, 0.1) is 0 Å². The predicted octanol–water partition coefficient (Wildman–Crippen LogP) is 3.93. The lowest BCUT2D eigenvalue weighted by molar-refractivity contribution is 0.0950. The lowest BCUT2D eigenvalue weighted by Gasteiger charge is -2.07. The van der Waals surface area contributed by atoms with E-state index in [9.17, 15) is 4.79 Å². The first-order valence-corrected chi connectivity index (χ1v) is 7.98. The molecule has 0 bridgehead atoms. The number of aryl methyl sites for hydroxylation is 2. The zero-order valence-electron chi connectivity index (χ0n) is 13.9. The highest BCUT2D eigenvalue weighted by molar-refractivity contribution is 5.97. The van der Waals surface area contributed by atoms with E-state index in [0.29, 0.717) is 18.0 Å². The van der Waals surface area contributed by atoms with Gasteiger partial charge in [-0.3, -0.25) is 4.79 Å². The largest absolute Gasteiger partial charge is 0.443 e. The van der Waals surface area contributed by atoms with E-state index < -0.39 is 0 Å². The number of aromatic nitrogens is 1. The Morgan fingerprint density at radius 3 is 2.75 bits per heavy atom. The fourth-order valence-electron chi connectivity index (χ4n) is 2.68. The van der Waals surface area contributed by atoms with Crippen LogP contribution >= 0.6 is 0 Å². The summed E-state index contributed by atoms with van der Waals surface area (Å²) in [5.74, 6) is 0.293. The summed E-state index contributed by atoms with van der Waals surface area (Å²) >= 11 is 0. The first-order chi connectivity index (χ1) is 11.6. The Bertz CT molecular complexity index is 852. The van der Waals surface area contributed by atoms with Crippen LogP contribution in [-0.4, -0.2) is 17.4 Å². The molecular weight excluding hydrogens is 300 g/mol. The van der Waals surface area contributed by atoms with Crippen LogP contribution in [0.5, 0.6) is 0 Å². The van der Waals surface area contributed by atoms with Crippen molar-refractivity contribution >= 4 is 5.91 Å². The highest BCUT2D eigenvalue weighted by Crippen LogP contribution is 2.23. The maximum absolute atomic E-state index is 12.4. The molecule has 122 valence electrons. The van der Waals surface area contributed by atoms with Crippen molar-refractivity contribution in [3.8, 4) is 11.3 Å². The monoisotopic (exact) mass is 320 g/mol. The molecule has 0 saturated carbocycles. The molecule has 1 amide bonds. The maximum Gasteiger partial charge on any atom is 0.273 e. The number of carbonyl (C=O) groups excluding carboxylic acids is 1. The van der Waals surface area contributed by atoms with E-state index in [1.54, 1.807) is 0 Å². The van der Waals surface area contributed by atoms with E-state index in [1.165, 1.54) is 17.5 Å². The van der Waals surface area contributed by atoms with Crippen LogP contribution in [0, 0.1) is 13.8 Å². The van der Waals surface area contributed by atoms with Gasteiger partial charge in [-0.2, -0.15) is 0 Å². The second-order valence-corrected chi connectivity index (χ2v) is 5.83. The van der Waals surface area contributed by atoms with Gasteiger partial charge in [0.1, 0.15) is 0 Å². The average Bonchev–Trinajstić information content (AvgIpc) is 3.06. The minimum absolute atomic E-state index is 0.214. The number of hydrogen-bond acceptors (Lipinski definition) is 3. The Morgan fingerprint density at radius 1 is 1.12 bits per heavy atom. The van der Waals surface area contributed by atoms with E-state index >= 15 is 0 Å². The summed E-state index contributed by atoms with van der Waals surface area (Å²) in [7, 11) is 0. The second kappa shape index (κ2) is 7.13. The van der Waals surface area contributed by atoms with Gasteiger partial charge in [-0.05, 0) is 37.5 Å². The predicted molar refractivity (Wildman–Crippen MR) is 93.9 cm³/mol. The maximum atomic E-state index is 12.4. The lowest BCUT2D eigenvalue weighted by atomic mass is 10.1. The molecule has 0 radical (unpaired) electrons. The SMILES string of the molecule is Cc1cccc(-c2ocnc2C(=O)NCCc2ccccc2C)c1. The molecule has 2 aromatic carbocycles. The quantitative estimate of drug-likeness (QED) is 0.775. The lowest BCUT2D eigenvalue weighted by Crippen LogP contribution is -2.26. The molecule has 0 aliphatic rings. The van der Waals surface area contributed by atoms with Crippen molar-refractivity contribution in [2.45, 2.75) is 20.3 Å². The molecule has 1 heterocycles. The molecule has 4 nitrogen and oxygen atoms in total. The van der Waals surface area contributed by atoms with Gasteiger partial charge in [0.2, 0.25) is 0 Å². The summed E-state index contributed by atoms with van der Waals surface area (Å²) in [6.45, 7) is 4.64. The smallest absolute Gasteiger partial charge is 0.273 e. The minimum atomic E-state index is -0.214. The van der Waals surface area contributed by atoms with Crippen molar-refractivity contribution < 1.29 is 9.21 Å². The zero-order chi connectivity index (χ0) is 16.9. The Labute approximate surface area is 141 Å². The summed E-state index contributed by atoms with van der Waals surface area (Å²) in [5, 5.41) is 2.92. The van der Waals surface area contributed by atoms with E-state index in [-0.39, 0.29) is 5.91 Å². The molecular formula is C20H20N2O2. The molecule has 0 saturated heterocycles. The fourth-order valence-corrected chi connectivity index (χ4v) is 2.68. The molecule has 0 atom stereocenters. The highest BCUT2D eigenvalue weighted by atomic mass is 16.3. The molecule has 0 aliphatic heterocycles. The molecule has 24 heavy (non-hydrogen) atoms. The van der Waals surface area contributed by atoms with E-state index in [1.807, 2.05) is 43.3 Å². The number of nitrogens with zero attached hydrogens (tertiary/aromatic N) is 1. The summed E-state index contributed by atoms with van der Waals surface area (Å²) in [4.78, 5) is 16.5. The average molecular weight is 320 g/mol. The Balaban J connectivity index is 1.68. The first-order valence-electron chi connectivity index (χ1n) is 7.98. The van der Waals surface area contributed by atoms with Crippen molar-refractivity contribution in [2.24, 2.45) is 0 Å². The van der Waals surface area contributed by atoms with Crippen LogP contribution < -0.4 is 5.32 Å². The Hall–Kier alpha value is -2.88. The van der Waals surface area contributed by atoms with Gasteiger partial charge in [-0.25, -0.2) is 4.98 Å². The van der Waals surface area contributed by atoms with Crippen molar-refractivity contribution in [1.29, 1.82) is 0 Å². The van der Waals surface area contributed by atoms with Crippen LogP contribution in [-0.2, 0) is 6.42 Å². The van der Waals surface area contributed by atoms with Crippen LogP contribution in [0.15, 0.2) is 59.3 Å². The summed E-state index contributed by atoms with van der Waals surface area (Å²) in [6.07, 6.45) is 2.10. The van der Waals surface area contributed by atoms with E-state index in [4.69, 9.17) is 4.42 Å². The van der Waals surface area contributed by atoms with Gasteiger partial charge < -0.3 is 9.73 Å². The molecule has 0 aliphatic carbocycles. The van der Waals surface area contributed by atoms with Gasteiger partial charge in [0.25, 0.3) is 5.91 Å². The second-order valence-electron chi connectivity index (χ2n) is 5.83. The normalized spacial score (nSPS) is 10.6. The van der Waals surface area contributed by atoms with Gasteiger partial charge in [-0.1, -0.05) is 48.0 Å². The third-order valence-electron chi connectivity index (χ3n) is 4.00. The Morgan fingerprint density at radius 2 is 1.96 bits per heavy atom. The third-order valence-corrected chi connectivity index (χ3v) is 4.00. The molecule has 0 spiro atoms. The number of oxazole rings is 1. The molecule has 4 heteroatoms. The molecule has 3 rings (SSSR count). The van der Waals surface area contributed by atoms with Gasteiger partial charge >= 0.3 is 0 Å². The number of hydrogen-bond donors (Lipinski definition) is 1. The molecule has 0 fully saturated rings. The number of carbonyl (C=O) groups is 1. The highest BCUT2D eigenvalue weighted by Gasteiger charge is 2.18. The van der Waals surface area contributed by atoms with Gasteiger partial charge in [0, 0.05) is 12.1 Å². The van der Waals surface area contributed by atoms with E-state index in [0.717, 1.165) is 17.5 Å². The van der Waals surface area contributed by atoms with Crippen LogP contribution in [0.3, 0.4) is 0 Å². The van der Waals surface area contributed by atoms with E-state index in [2.05, 4.69) is 29.4 Å². The molecule has 3 aromatic rings. The van der Waals surface area contributed by atoms with Gasteiger partial charge in [-0.15, -0.1) is 0 Å². The van der Waals surface area contributed by atoms with Gasteiger partial charge in [0.15, 0.2) is 17.8 Å². The zero-order valence-corrected chi connectivity index (χ0v) is 13.9. The van der Waals surface area contributed by atoms with Crippen LogP contribution in [0.2, 0.25) is 0 Å². The number of benzene rings is 2. The number of amides is 1. The van der Waals surface area contributed by atoms with Crippen molar-refractivity contribution in [3.05, 3.63) is 77.3 Å². The summed E-state index contributed by atoms with van der Waals surface area (Å²) < 4.78 is 5.44.